The first-order chi connectivity index (χ1) is 10.1. The topological polar surface area (TPSA) is 63.1 Å². The summed E-state index contributed by atoms with van der Waals surface area (Å²) in [5.74, 6) is -0.936. The SMILES string of the molecule is Cc1ccc2ccc(Cc3cc(C(=O)O)ccn3)cc2n1. The molecule has 2 heterocycles. The van der Waals surface area contributed by atoms with Crippen molar-refractivity contribution < 1.29 is 9.90 Å². The summed E-state index contributed by atoms with van der Waals surface area (Å²) < 4.78 is 0. The molecular weight excluding hydrogens is 264 g/mol. The van der Waals surface area contributed by atoms with Crippen LogP contribution in [0.2, 0.25) is 0 Å². The van der Waals surface area contributed by atoms with Crippen LogP contribution in [0.3, 0.4) is 0 Å². The van der Waals surface area contributed by atoms with Crippen LogP contribution in [-0.2, 0) is 6.42 Å². The van der Waals surface area contributed by atoms with E-state index in [0.29, 0.717) is 6.42 Å². The molecule has 3 rings (SSSR count). The zero-order valence-electron chi connectivity index (χ0n) is 11.6. The third kappa shape index (κ3) is 2.89. The molecule has 0 aliphatic carbocycles. The highest BCUT2D eigenvalue weighted by Crippen LogP contribution is 2.17. The molecule has 1 aromatic carbocycles. The van der Waals surface area contributed by atoms with Crippen LogP contribution in [0.15, 0.2) is 48.7 Å². The van der Waals surface area contributed by atoms with Gasteiger partial charge >= 0.3 is 5.97 Å². The molecule has 3 aromatic rings. The van der Waals surface area contributed by atoms with Crippen LogP contribution in [0.25, 0.3) is 10.9 Å². The van der Waals surface area contributed by atoms with Gasteiger partial charge in [-0.1, -0.05) is 18.2 Å². The van der Waals surface area contributed by atoms with Crippen LogP contribution < -0.4 is 0 Å². The number of nitrogens with zero attached hydrogens (tertiary/aromatic N) is 2. The Labute approximate surface area is 122 Å². The Morgan fingerprint density at radius 2 is 1.95 bits per heavy atom. The van der Waals surface area contributed by atoms with E-state index in [0.717, 1.165) is 27.9 Å². The van der Waals surface area contributed by atoms with Crippen LogP contribution in [-0.4, -0.2) is 21.0 Å². The standard InChI is InChI=1S/C17H14N2O2/c1-11-2-4-13-5-3-12(9-16(13)19-11)8-15-10-14(17(20)21)6-7-18-15/h2-7,9-10H,8H2,1H3,(H,20,21). The van der Waals surface area contributed by atoms with Crippen LogP contribution >= 0.6 is 0 Å². The lowest BCUT2D eigenvalue weighted by Gasteiger charge is -2.05. The molecule has 4 heteroatoms. The highest BCUT2D eigenvalue weighted by atomic mass is 16.4. The quantitative estimate of drug-likeness (QED) is 0.799. The molecule has 0 bridgehead atoms. The summed E-state index contributed by atoms with van der Waals surface area (Å²) in [6.45, 7) is 1.96. The van der Waals surface area contributed by atoms with Crippen molar-refractivity contribution in [1.29, 1.82) is 0 Å². The van der Waals surface area contributed by atoms with E-state index in [2.05, 4.69) is 9.97 Å². The maximum atomic E-state index is 11.0. The summed E-state index contributed by atoms with van der Waals surface area (Å²) in [4.78, 5) is 19.7. The molecule has 0 aliphatic rings. The third-order valence-electron chi connectivity index (χ3n) is 3.34. The van der Waals surface area contributed by atoms with Gasteiger partial charge in [-0.05, 0) is 36.8 Å². The molecule has 0 amide bonds. The molecule has 0 unspecified atom stereocenters. The van der Waals surface area contributed by atoms with Gasteiger partial charge in [-0.15, -0.1) is 0 Å². The lowest BCUT2D eigenvalue weighted by molar-refractivity contribution is 0.0696. The normalized spacial score (nSPS) is 10.7. The zero-order chi connectivity index (χ0) is 14.8. The average molecular weight is 278 g/mol. The number of carboxylic acid groups (broad SMARTS) is 1. The number of pyridine rings is 2. The molecule has 0 spiro atoms. The van der Waals surface area contributed by atoms with Gasteiger partial charge in [-0.2, -0.15) is 0 Å². The predicted molar refractivity (Wildman–Crippen MR) is 80.5 cm³/mol. The van der Waals surface area contributed by atoms with Crippen molar-refractivity contribution in [2.45, 2.75) is 13.3 Å². The molecular formula is C17H14N2O2. The van der Waals surface area contributed by atoms with E-state index in [1.807, 2.05) is 37.3 Å². The number of benzene rings is 1. The van der Waals surface area contributed by atoms with Crippen LogP contribution in [0.4, 0.5) is 0 Å². The molecule has 4 nitrogen and oxygen atoms in total. The number of rotatable bonds is 3. The van der Waals surface area contributed by atoms with Gasteiger partial charge in [0.05, 0.1) is 11.1 Å². The fourth-order valence-corrected chi connectivity index (χ4v) is 2.29. The van der Waals surface area contributed by atoms with Gasteiger partial charge in [0.1, 0.15) is 0 Å². The molecule has 0 fully saturated rings. The van der Waals surface area contributed by atoms with Crippen LogP contribution in [0.5, 0.6) is 0 Å². The lowest BCUT2D eigenvalue weighted by atomic mass is 10.1. The van der Waals surface area contributed by atoms with Crippen LogP contribution in [0.1, 0.15) is 27.3 Å². The van der Waals surface area contributed by atoms with Gasteiger partial charge < -0.3 is 5.11 Å². The van der Waals surface area contributed by atoms with Gasteiger partial charge in [0, 0.05) is 29.4 Å². The van der Waals surface area contributed by atoms with E-state index in [-0.39, 0.29) is 5.56 Å². The van der Waals surface area contributed by atoms with Crippen LogP contribution in [0, 0.1) is 6.92 Å². The van der Waals surface area contributed by atoms with E-state index in [1.54, 1.807) is 6.07 Å². The van der Waals surface area contributed by atoms with Crippen molar-refractivity contribution in [2.75, 3.05) is 0 Å². The van der Waals surface area contributed by atoms with Crippen molar-refractivity contribution >= 4 is 16.9 Å². The molecule has 1 N–H and O–H groups in total. The first-order valence-electron chi connectivity index (χ1n) is 6.66. The first kappa shape index (κ1) is 13.2. The Morgan fingerprint density at radius 3 is 2.76 bits per heavy atom. The molecule has 104 valence electrons. The van der Waals surface area contributed by atoms with Gasteiger partial charge in [0.25, 0.3) is 0 Å². The number of aromatic carboxylic acids is 1. The van der Waals surface area contributed by atoms with Gasteiger partial charge in [0.15, 0.2) is 0 Å². The number of aromatic nitrogens is 2. The summed E-state index contributed by atoms with van der Waals surface area (Å²) >= 11 is 0. The Kier molecular flexibility index (Phi) is 3.36. The number of carbonyl (C=O) groups is 1. The smallest absolute Gasteiger partial charge is 0.335 e. The number of carboxylic acids is 1. The maximum Gasteiger partial charge on any atom is 0.335 e. The monoisotopic (exact) mass is 278 g/mol. The highest BCUT2D eigenvalue weighted by molar-refractivity contribution is 5.87. The largest absolute Gasteiger partial charge is 0.478 e. The predicted octanol–water partition coefficient (Wildman–Crippen LogP) is 3.23. The fourth-order valence-electron chi connectivity index (χ4n) is 2.29. The second-order valence-electron chi connectivity index (χ2n) is 5.00. The van der Waals surface area contributed by atoms with Crippen molar-refractivity contribution in [3.05, 3.63) is 71.2 Å². The minimum atomic E-state index is -0.936. The van der Waals surface area contributed by atoms with Gasteiger partial charge in [-0.25, -0.2) is 4.79 Å². The second-order valence-corrected chi connectivity index (χ2v) is 5.00. The third-order valence-corrected chi connectivity index (χ3v) is 3.34. The average Bonchev–Trinajstić information content (AvgIpc) is 2.47. The molecule has 0 saturated carbocycles. The van der Waals surface area contributed by atoms with Gasteiger partial charge in [-0.3, -0.25) is 9.97 Å². The summed E-state index contributed by atoms with van der Waals surface area (Å²) in [5, 5.41) is 10.1. The molecule has 0 aliphatic heterocycles. The summed E-state index contributed by atoms with van der Waals surface area (Å²) in [5.41, 5.74) is 3.99. The zero-order valence-corrected chi connectivity index (χ0v) is 11.6. The first-order valence-corrected chi connectivity index (χ1v) is 6.66. The fraction of sp³-hybridized carbons (Fsp3) is 0.118. The molecule has 21 heavy (non-hydrogen) atoms. The van der Waals surface area contributed by atoms with Crippen molar-refractivity contribution in [3.63, 3.8) is 0 Å². The number of aryl methyl sites for hydroxylation is 1. The maximum absolute atomic E-state index is 11.0. The van der Waals surface area contributed by atoms with E-state index in [9.17, 15) is 4.79 Å². The molecule has 0 saturated heterocycles. The Hall–Kier alpha value is -2.75. The summed E-state index contributed by atoms with van der Waals surface area (Å²) in [7, 11) is 0. The molecule has 0 radical (unpaired) electrons. The highest BCUT2D eigenvalue weighted by Gasteiger charge is 2.06. The molecule has 0 atom stereocenters. The summed E-state index contributed by atoms with van der Waals surface area (Å²) in [6.07, 6.45) is 2.12. The Morgan fingerprint density at radius 1 is 1.14 bits per heavy atom. The number of hydrogen-bond acceptors (Lipinski definition) is 3. The van der Waals surface area contributed by atoms with Crippen molar-refractivity contribution in [3.8, 4) is 0 Å². The minimum absolute atomic E-state index is 0.259. The number of fused-ring (bicyclic) bond motifs is 1. The number of hydrogen-bond donors (Lipinski definition) is 1. The Bertz CT molecular complexity index is 828. The van der Waals surface area contributed by atoms with Gasteiger partial charge in [0.2, 0.25) is 0 Å². The minimum Gasteiger partial charge on any atom is -0.478 e. The van der Waals surface area contributed by atoms with E-state index in [4.69, 9.17) is 5.11 Å². The van der Waals surface area contributed by atoms with E-state index < -0.39 is 5.97 Å². The second kappa shape index (κ2) is 5.32. The lowest BCUT2D eigenvalue weighted by Crippen LogP contribution is -2.00. The van der Waals surface area contributed by atoms with E-state index in [1.165, 1.54) is 12.3 Å². The van der Waals surface area contributed by atoms with Crippen molar-refractivity contribution in [2.24, 2.45) is 0 Å². The van der Waals surface area contributed by atoms with Crippen molar-refractivity contribution in [1.82, 2.24) is 9.97 Å². The molecule has 2 aromatic heterocycles. The Balaban J connectivity index is 1.94. The van der Waals surface area contributed by atoms with E-state index >= 15 is 0 Å². The summed E-state index contributed by atoms with van der Waals surface area (Å²) in [6, 6.07) is 13.2.